The van der Waals surface area contributed by atoms with E-state index in [0.29, 0.717) is 17.1 Å². The molecule has 1 saturated heterocycles. The van der Waals surface area contributed by atoms with Gasteiger partial charge >= 0.3 is 0 Å². The van der Waals surface area contributed by atoms with Crippen molar-refractivity contribution in [2.24, 2.45) is 0 Å². The smallest absolute Gasteiger partial charge is 0.280 e. The summed E-state index contributed by atoms with van der Waals surface area (Å²) < 4.78 is 28.3. The SMILES string of the molecule is CN1[C@@H](C(=O)Nc2ccc(Cl)cc2)C[C@@H](c2cccs2)NS1(=O)=O. The highest BCUT2D eigenvalue weighted by Gasteiger charge is 2.40. The molecule has 0 radical (unpaired) electrons. The number of thiophene rings is 1. The lowest BCUT2D eigenvalue weighted by Crippen LogP contribution is -2.55. The zero-order valence-electron chi connectivity index (χ0n) is 12.8. The summed E-state index contributed by atoms with van der Waals surface area (Å²) in [6.07, 6.45) is 0.357. The van der Waals surface area contributed by atoms with Crippen LogP contribution in [0, 0.1) is 0 Å². The number of carbonyl (C=O) groups is 1. The normalized spacial score (nSPS) is 23.8. The average Bonchev–Trinajstić information content (AvgIpc) is 3.06. The number of benzene rings is 1. The van der Waals surface area contributed by atoms with E-state index in [0.717, 1.165) is 9.18 Å². The van der Waals surface area contributed by atoms with Gasteiger partial charge in [-0.2, -0.15) is 17.4 Å². The topological polar surface area (TPSA) is 78.5 Å². The Morgan fingerprint density at radius 2 is 2.04 bits per heavy atom. The number of rotatable bonds is 3. The Kier molecular flexibility index (Phi) is 4.93. The molecular formula is C15H16ClN3O3S2. The average molecular weight is 386 g/mol. The van der Waals surface area contributed by atoms with E-state index in [9.17, 15) is 13.2 Å². The number of halogens is 1. The number of nitrogens with one attached hydrogen (secondary N) is 2. The van der Waals surface area contributed by atoms with E-state index >= 15 is 0 Å². The monoisotopic (exact) mass is 385 g/mol. The van der Waals surface area contributed by atoms with Crippen LogP contribution in [0.4, 0.5) is 5.69 Å². The van der Waals surface area contributed by atoms with E-state index in [-0.39, 0.29) is 5.91 Å². The fourth-order valence-corrected chi connectivity index (χ4v) is 4.80. The second-order valence-corrected chi connectivity index (χ2v) is 8.63. The van der Waals surface area contributed by atoms with Crippen LogP contribution in [0.1, 0.15) is 17.3 Å². The van der Waals surface area contributed by atoms with Crippen molar-refractivity contribution in [1.29, 1.82) is 0 Å². The van der Waals surface area contributed by atoms with E-state index in [4.69, 9.17) is 11.6 Å². The number of amides is 1. The molecule has 1 aliphatic rings. The Bertz CT molecular complexity index is 822. The van der Waals surface area contributed by atoms with E-state index in [1.54, 1.807) is 24.3 Å². The van der Waals surface area contributed by atoms with E-state index in [1.165, 1.54) is 18.4 Å². The van der Waals surface area contributed by atoms with Crippen LogP contribution in [0.2, 0.25) is 5.02 Å². The molecular weight excluding hydrogens is 370 g/mol. The summed E-state index contributed by atoms with van der Waals surface area (Å²) >= 11 is 7.29. The summed E-state index contributed by atoms with van der Waals surface area (Å²) in [4.78, 5) is 13.5. The summed E-state index contributed by atoms with van der Waals surface area (Å²) in [5.41, 5.74) is 0.571. The van der Waals surface area contributed by atoms with Gasteiger partial charge in [0.2, 0.25) is 5.91 Å². The number of anilines is 1. The number of nitrogens with zero attached hydrogens (tertiary/aromatic N) is 1. The lowest BCUT2D eigenvalue weighted by Gasteiger charge is -2.35. The van der Waals surface area contributed by atoms with Crippen LogP contribution in [0.15, 0.2) is 41.8 Å². The zero-order chi connectivity index (χ0) is 17.3. The summed E-state index contributed by atoms with van der Waals surface area (Å²) in [6.45, 7) is 0. The van der Waals surface area contributed by atoms with Gasteiger partial charge in [0.05, 0.1) is 6.04 Å². The van der Waals surface area contributed by atoms with Gasteiger partial charge in [-0.3, -0.25) is 4.79 Å². The van der Waals surface area contributed by atoms with Gasteiger partial charge in [0.25, 0.3) is 10.2 Å². The Labute approximate surface area is 149 Å². The molecule has 24 heavy (non-hydrogen) atoms. The molecule has 3 rings (SSSR count). The number of hydrogen-bond donors (Lipinski definition) is 2. The van der Waals surface area contributed by atoms with Gasteiger partial charge in [-0.1, -0.05) is 17.7 Å². The molecule has 128 valence electrons. The van der Waals surface area contributed by atoms with E-state index in [1.807, 2.05) is 17.5 Å². The third kappa shape index (κ3) is 3.62. The first-order chi connectivity index (χ1) is 11.4. The molecule has 6 nitrogen and oxygen atoms in total. The summed E-state index contributed by atoms with van der Waals surface area (Å²) in [6, 6.07) is 9.18. The van der Waals surface area contributed by atoms with Crippen LogP contribution < -0.4 is 10.0 Å². The molecule has 1 amide bonds. The second kappa shape index (κ2) is 6.81. The van der Waals surface area contributed by atoms with Crippen LogP contribution >= 0.6 is 22.9 Å². The molecule has 2 heterocycles. The van der Waals surface area contributed by atoms with Crippen molar-refractivity contribution in [2.45, 2.75) is 18.5 Å². The summed E-state index contributed by atoms with van der Waals surface area (Å²) in [7, 11) is -2.32. The minimum Gasteiger partial charge on any atom is -0.325 e. The minimum atomic E-state index is -3.72. The molecule has 2 atom stereocenters. The molecule has 1 aliphatic heterocycles. The van der Waals surface area contributed by atoms with Crippen molar-refractivity contribution in [3.63, 3.8) is 0 Å². The zero-order valence-corrected chi connectivity index (χ0v) is 15.2. The summed E-state index contributed by atoms with van der Waals surface area (Å²) in [5, 5.41) is 5.19. The van der Waals surface area contributed by atoms with Crippen molar-refractivity contribution in [1.82, 2.24) is 9.03 Å². The molecule has 1 fully saturated rings. The van der Waals surface area contributed by atoms with Gasteiger partial charge in [-0.25, -0.2) is 0 Å². The lowest BCUT2D eigenvalue weighted by molar-refractivity contribution is -0.120. The van der Waals surface area contributed by atoms with Gasteiger partial charge in [-0.05, 0) is 42.1 Å². The lowest BCUT2D eigenvalue weighted by atomic mass is 10.1. The molecule has 1 aromatic heterocycles. The highest BCUT2D eigenvalue weighted by molar-refractivity contribution is 7.87. The molecule has 0 unspecified atom stereocenters. The number of carbonyl (C=O) groups excluding carboxylic acids is 1. The van der Waals surface area contributed by atoms with Crippen LogP contribution in [0.25, 0.3) is 0 Å². The standard InChI is InChI=1S/C15H16ClN3O3S2/c1-19-13(15(20)17-11-6-4-10(16)5-7-11)9-12(18-24(19,21)22)14-3-2-8-23-14/h2-8,12-13,18H,9H2,1H3,(H,17,20)/t12-,13+/m0/s1. The predicted molar refractivity (Wildman–Crippen MR) is 95.4 cm³/mol. The first kappa shape index (κ1) is 17.4. The van der Waals surface area contributed by atoms with E-state index in [2.05, 4.69) is 10.0 Å². The van der Waals surface area contributed by atoms with Crippen LogP contribution in [-0.4, -0.2) is 31.7 Å². The van der Waals surface area contributed by atoms with Crippen molar-refractivity contribution < 1.29 is 13.2 Å². The Balaban J connectivity index is 1.81. The summed E-state index contributed by atoms with van der Waals surface area (Å²) in [5.74, 6) is -0.369. The first-order valence-electron chi connectivity index (χ1n) is 7.22. The maximum Gasteiger partial charge on any atom is 0.280 e. The second-order valence-electron chi connectivity index (χ2n) is 5.45. The maximum absolute atomic E-state index is 12.6. The molecule has 0 bridgehead atoms. The first-order valence-corrected chi connectivity index (χ1v) is 9.92. The van der Waals surface area contributed by atoms with Gasteiger partial charge in [-0.15, -0.1) is 11.3 Å². The fraction of sp³-hybridized carbons (Fsp3) is 0.267. The largest absolute Gasteiger partial charge is 0.325 e. The Morgan fingerprint density at radius 1 is 1.33 bits per heavy atom. The third-order valence-corrected chi connectivity index (χ3v) is 6.70. The van der Waals surface area contributed by atoms with Gasteiger partial charge in [0, 0.05) is 22.6 Å². The van der Waals surface area contributed by atoms with Crippen LogP contribution in [0.3, 0.4) is 0 Å². The predicted octanol–water partition coefficient (Wildman–Crippen LogP) is 2.62. The highest BCUT2D eigenvalue weighted by Crippen LogP contribution is 2.30. The molecule has 2 aromatic rings. The molecule has 9 heteroatoms. The highest BCUT2D eigenvalue weighted by atomic mass is 35.5. The van der Waals surface area contributed by atoms with Crippen LogP contribution in [-0.2, 0) is 15.0 Å². The molecule has 2 N–H and O–H groups in total. The minimum absolute atomic E-state index is 0.357. The van der Waals surface area contributed by atoms with Crippen molar-refractivity contribution in [3.05, 3.63) is 51.7 Å². The molecule has 0 saturated carbocycles. The Morgan fingerprint density at radius 3 is 2.67 bits per heavy atom. The van der Waals surface area contributed by atoms with Crippen molar-refractivity contribution in [2.75, 3.05) is 12.4 Å². The maximum atomic E-state index is 12.6. The quantitative estimate of drug-likeness (QED) is 0.852. The molecule has 1 aromatic carbocycles. The fourth-order valence-electron chi connectivity index (χ4n) is 2.54. The van der Waals surface area contributed by atoms with Crippen molar-refractivity contribution in [3.8, 4) is 0 Å². The van der Waals surface area contributed by atoms with Crippen LogP contribution in [0.5, 0.6) is 0 Å². The number of likely N-dealkylation sites (N-methyl/N-ethyl adjacent to an activating group) is 1. The molecule has 0 spiro atoms. The number of hydrogen-bond acceptors (Lipinski definition) is 4. The van der Waals surface area contributed by atoms with Crippen molar-refractivity contribution >= 4 is 44.7 Å². The molecule has 0 aliphatic carbocycles. The van der Waals surface area contributed by atoms with Gasteiger partial charge in [0.1, 0.15) is 6.04 Å². The Hall–Kier alpha value is -1.45. The van der Waals surface area contributed by atoms with Gasteiger partial charge in [0.15, 0.2) is 0 Å². The van der Waals surface area contributed by atoms with E-state index < -0.39 is 22.3 Å². The third-order valence-electron chi connectivity index (χ3n) is 3.87. The van der Waals surface area contributed by atoms with Gasteiger partial charge < -0.3 is 5.32 Å².